The summed E-state index contributed by atoms with van der Waals surface area (Å²) in [6.07, 6.45) is 1.49. The fourth-order valence-electron chi connectivity index (χ4n) is 1.86. The van der Waals surface area contributed by atoms with Crippen LogP contribution in [0.1, 0.15) is 26.7 Å². The Hall–Kier alpha value is -1.18. The fraction of sp³-hybridized carbons (Fsp3) is 0.385. The van der Waals surface area contributed by atoms with Crippen LogP contribution in [-0.2, 0) is 4.79 Å². The van der Waals surface area contributed by atoms with Crippen LogP contribution in [0.3, 0.4) is 0 Å². The first-order valence-electron chi connectivity index (χ1n) is 6.34. The molecule has 0 aliphatic heterocycles. The van der Waals surface area contributed by atoms with E-state index in [4.69, 9.17) is 5.73 Å². The SMILES string of the molecule is CCCC(C)(N)C(=O)Nc1cc(-c2ccc(Br)s2)[nH]n1. The molecule has 2 aromatic heterocycles. The lowest BCUT2D eigenvalue weighted by molar-refractivity contribution is -0.120. The summed E-state index contributed by atoms with van der Waals surface area (Å²) in [5, 5.41) is 9.75. The third kappa shape index (κ3) is 3.47. The molecule has 5 nitrogen and oxygen atoms in total. The Labute approximate surface area is 130 Å². The molecular formula is C13H17BrN4OS. The van der Waals surface area contributed by atoms with Gasteiger partial charge in [0, 0.05) is 6.07 Å². The largest absolute Gasteiger partial charge is 0.318 e. The minimum absolute atomic E-state index is 0.218. The van der Waals surface area contributed by atoms with Crippen LogP contribution in [0.2, 0.25) is 0 Å². The quantitative estimate of drug-likeness (QED) is 0.767. The number of aromatic nitrogens is 2. The first-order valence-corrected chi connectivity index (χ1v) is 7.95. The molecule has 0 bridgehead atoms. The summed E-state index contributed by atoms with van der Waals surface area (Å²) in [5.41, 5.74) is 5.98. The van der Waals surface area contributed by atoms with E-state index in [1.54, 1.807) is 24.3 Å². The smallest absolute Gasteiger partial charge is 0.245 e. The van der Waals surface area contributed by atoms with Gasteiger partial charge in [0.15, 0.2) is 5.82 Å². The molecule has 7 heteroatoms. The number of nitrogens with one attached hydrogen (secondary N) is 2. The Morgan fingerprint density at radius 2 is 2.35 bits per heavy atom. The lowest BCUT2D eigenvalue weighted by Crippen LogP contribution is -2.48. The lowest BCUT2D eigenvalue weighted by Gasteiger charge is -2.21. The maximum atomic E-state index is 12.1. The first-order chi connectivity index (χ1) is 9.42. The summed E-state index contributed by atoms with van der Waals surface area (Å²) in [6.45, 7) is 3.73. The zero-order valence-electron chi connectivity index (χ0n) is 11.4. The number of rotatable bonds is 5. The van der Waals surface area contributed by atoms with E-state index in [1.807, 2.05) is 19.1 Å². The number of thiophene rings is 1. The summed E-state index contributed by atoms with van der Waals surface area (Å²) in [5.74, 6) is 0.270. The maximum Gasteiger partial charge on any atom is 0.245 e. The number of hydrogen-bond donors (Lipinski definition) is 3. The Bertz CT molecular complexity index is 605. The van der Waals surface area contributed by atoms with Crippen LogP contribution in [0, 0.1) is 0 Å². The highest BCUT2D eigenvalue weighted by Crippen LogP contribution is 2.31. The molecule has 108 valence electrons. The molecule has 0 fully saturated rings. The summed E-state index contributed by atoms with van der Waals surface area (Å²) in [4.78, 5) is 13.1. The second kappa shape index (κ2) is 6.07. The molecule has 1 atom stereocenters. The van der Waals surface area contributed by atoms with E-state index in [0.717, 1.165) is 20.8 Å². The summed E-state index contributed by atoms with van der Waals surface area (Å²) in [7, 11) is 0. The molecule has 2 heterocycles. The molecule has 2 aromatic rings. The average Bonchev–Trinajstić information content (AvgIpc) is 2.98. The maximum absolute atomic E-state index is 12.1. The summed E-state index contributed by atoms with van der Waals surface area (Å²) in [6, 6.07) is 5.76. The van der Waals surface area contributed by atoms with Crippen LogP contribution < -0.4 is 11.1 Å². The zero-order chi connectivity index (χ0) is 14.8. The predicted octanol–water partition coefficient (Wildman–Crippen LogP) is 3.36. The van der Waals surface area contributed by atoms with E-state index in [-0.39, 0.29) is 5.91 Å². The number of nitrogens with zero attached hydrogens (tertiary/aromatic N) is 1. The molecular weight excluding hydrogens is 340 g/mol. The van der Waals surface area contributed by atoms with Crippen molar-refractivity contribution in [2.45, 2.75) is 32.2 Å². The third-order valence-electron chi connectivity index (χ3n) is 2.95. The van der Waals surface area contributed by atoms with Crippen molar-refractivity contribution in [3.05, 3.63) is 22.0 Å². The van der Waals surface area contributed by atoms with Crippen molar-refractivity contribution in [1.29, 1.82) is 0 Å². The van der Waals surface area contributed by atoms with Gasteiger partial charge in [0.05, 0.1) is 19.9 Å². The van der Waals surface area contributed by atoms with Gasteiger partial charge >= 0.3 is 0 Å². The van der Waals surface area contributed by atoms with Gasteiger partial charge in [0.2, 0.25) is 5.91 Å². The van der Waals surface area contributed by atoms with Crippen molar-refractivity contribution in [1.82, 2.24) is 10.2 Å². The van der Waals surface area contributed by atoms with Gasteiger partial charge in [-0.2, -0.15) is 5.10 Å². The van der Waals surface area contributed by atoms with Gasteiger partial charge in [-0.15, -0.1) is 11.3 Å². The van der Waals surface area contributed by atoms with Gasteiger partial charge in [0.25, 0.3) is 0 Å². The molecule has 0 saturated carbocycles. The number of carbonyl (C=O) groups is 1. The van der Waals surface area contributed by atoms with Crippen molar-refractivity contribution in [3.63, 3.8) is 0 Å². The van der Waals surface area contributed by atoms with Gasteiger partial charge < -0.3 is 11.1 Å². The number of hydrogen-bond acceptors (Lipinski definition) is 4. The molecule has 2 rings (SSSR count). The molecule has 0 aromatic carbocycles. The number of anilines is 1. The Morgan fingerprint density at radius 1 is 1.60 bits per heavy atom. The van der Waals surface area contributed by atoms with Gasteiger partial charge in [0.1, 0.15) is 0 Å². The van der Waals surface area contributed by atoms with E-state index in [9.17, 15) is 4.79 Å². The van der Waals surface area contributed by atoms with Crippen molar-refractivity contribution in [2.24, 2.45) is 5.73 Å². The molecule has 0 spiro atoms. The van der Waals surface area contributed by atoms with Crippen LogP contribution >= 0.6 is 27.3 Å². The molecule has 1 amide bonds. The number of aromatic amines is 1. The number of amides is 1. The van der Waals surface area contributed by atoms with E-state index in [2.05, 4.69) is 31.4 Å². The van der Waals surface area contributed by atoms with Crippen LogP contribution in [0.5, 0.6) is 0 Å². The number of H-pyrrole nitrogens is 1. The van der Waals surface area contributed by atoms with Gasteiger partial charge in [-0.25, -0.2) is 0 Å². The number of nitrogens with two attached hydrogens (primary N) is 1. The van der Waals surface area contributed by atoms with E-state index < -0.39 is 5.54 Å². The average molecular weight is 357 g/mol. The van der Waals surface area contributed by atoms with Crippen molar-refractivity contribution >= 4 is 39.0 Å². The normalized spacial score (nSPS) is 14.0. The molecule has 0 radical (unpaired) electrons. The lowest BCUT2D eigenvalue weighted by atomic mass is 9.97. The molecule has 4 N–H and O–H groups in total. The van der Waals surface area contributed by atoms with Gasteiger partial charge in [-0.3, -0.25) is 9.89 Å². The van der Waals surface area contributed by atoms with Crippen LogP contribution in [0.15, 0.2) is 22.0 Å². The second-order valence-electron chi connectivity index (χ2n) is 4.89. The van der Waals surface area contributed by atoms with Crippen molar-refractivity contribution in [2.75, 3.05) is 5.32 Å². The Kier molecular flexibility index (Phi) is 4.62. The monoisotopic (exact) mass is 356 g/mol. The van der Waals surface area contributed by atoms with Crippen molar-refractivity contribution < 1.29 is 4.79 Å². The van der Waals surface area contributed by atoms with Gasteiger partial charge in [-0.1, -0.05) is 13.3 Å². The van der Waals surface area contributed by atoms with E-state index in [1.165, 1.54) is 0 Å². The van der Waals surface area contributed by atoms with Gasteiger partial charge in [-0.05, 0) is 41.4 Å². The third-order valence-corrected chi connectivity index (χ3v) is 4.60. The highest BCUT2D eigenvalue weighted by atomic mass is 79.9. The van der Waals surface area contributed by atoms with E-state index >= 15 is 0 Å². The highest BCUT2D eigenvalue weighted by Gasteiger charge is 2.27. The Morgan fingerprint density at radius 3 is 2.95 bits per heavy atom. The first kappa shape index (κ1) is 15.2. The molecule has 1 unspecified atom stereocenters. The zero-order valence-corrected chi connectivity index (χ0v) is 13.8. The number of carbonyl (C=O) groups excluding carboxylic acids is 1. The fourth-order valence-corrected chi connectivity index (χ4v) is 3.22. The molecule has 0 aliphatic carbocycles. The van der Waals surface area contributed by atoms with E-state index in [0.29, 0.717) is 12.2 Å². The van der Waals surface area contributed by atoms with Crippen LogP contribution in [0.4, 0.5) is 5.82 Å². The van der Waals surface area contributed by atoms with Crippen LogP contribution in [0.25, 0.3) is 10.6 Å². The summed E-state index contributed by atoms with van der Waals surface area (Å²) < 4.78 is 1.05. The highest BCUT2D eigenvalue weighted by molar-refractivity contribution is 9.11. The number of halogens is 1. The Balaban J connectivity index is 2.08. The molecule has 0 saturated heterocycles. The topological polar surface area (TPSA) is 83.8 Å². The second-order valence-corrected chi connectivity index (χ2v) is 7.36. The standard InChI is InChI=1S/C13H17BrN4OS/c1-3-6-13(2,15)12(19)16-11-7-8(17-18-11)9-4-5-10(14)20-9/h4-5,7H,3,6,15H2,1-2H3,(H2,16,17,18,19). The minimum Gasteiger partial charge on any atom is -0.318 e. The minimum atomic E-state index is -0.875. The molecule has 0 aliphatic rings. The van der Waals surface area contributed by atoms with Crippen LogP contribution in [-0.4, -0.2) is 21.6 Å². The predicted molar refractivity (Wildman–Crippen MR) is 85.7 cm³/mol. The molecule has 20 heavy (non-hydrogen) atoms. The van der Waals surface area contributed by atoms with Crippen molar-refractivity contribution in [3.8, 4) is 10.6 Å². The summed E-state index contributed by atoms with van der Waals surface area (Å²) >= 11 is 5.01.